The van der Waals surface area contributed by atoms with Crippen molar-refractivity contribution < 1.29 is 15.0 Å². The van der Waals surface area contributed by atoms with Crippen LogP contribution in [0.4, 0.5) is 0 Å². The number of hydrogen-bond donors (Lipinski definition) is 2. The lowest BCUT2D eigenvalue weighted by Crippen LogP contribution is -2.32. The lowest BCUT2D eigenvalue weighted by atomic mass is 9.65. The molecule has 146 valence electrons. The van der Waals surface area contributed by atoms with E-state index in [1.807, 2.05) is 4.90 Å². The molecule has 2 N–H and O–H groups in total. The molecule has 1 heterocycles. The third-order valence-corrected chi connectivity index (χ3v) is 6.22. The van der Waals surface area contributed by atoms with E-state index in [1.165, 1.54) is 18.2 Å². The number of allylic oxidation sites excluding steroid dienone is 2. The molecule has 2 aliphatic rings. The summed E-state index contributed by atoms with van der Waals surface area (Å²) in [4.78, 5) is 14.6. The van der Waals surface area contributed by atoms with Gasteiger partial charge in [-0.05, 0) is 67.2 Å². The van der Waals surface area contributed by atoms with Crippen LogP contribution in [0.5, 0.6) is 11.5 Å². The first-order valence-electron chi connectivity index (χ1n) is 9.96. The van der Waals surface area contributed by atoms with E-state index in [2.05, 4.69) is 32.9 Å². The zero-order valence-electron chi connectivity index (χ0n) is 16.6. The first-order chi connectivity index (χ1) is 12.8. The van der Waals surface area contributed by atoms with E-state index in [9.17, 15) is 15.0 Å². The van der Waals surface area contributed by atoms with Crippen molar-refractivity contribution in [2.75, 3.05) is 13.1 Å². The molecular formula is C23H31NO3. The van der Waals surface area contributed by atoms with Gasteiger partial charge < -0.3 is 15.1 Å². The Labute approximate surface area is 162 Å². The van der Waals surface area contributed by atoms with E-state index in [1.54, 1.807) is 6.08 Å². The molecule has 4 nitrogen and oxygen atoms in total. The van der Waals surface area contributed by atoms with Crippen molar-refractivity contribution in [2.24, 2.45) is 17.3 Å². The fourth-order valence-electron chi connectivity index (χ4n) is 4.60. The Bertz CT molecular complexity index is 763. The van der Waals surface area contributed by atoms with E-state index in [0.29, 0.717) is 34.8 Å². The van der Waals surface area contributed by atoms with Gasteiger partial charge in [-0.2, -0.15) is 0 Å². The largest absolute Gasteiger partial charge is 0.508 e. The summed E-state index contributed by atoms with van der Waals surface area (Å²) in [6.07, 6.45) is 10.3. The van der Waals surface area contributed by atoms with Gasteiger partial charge in [-0.25, -0.2) is 0 Å². The molecule has 1 saturated heterocycles. The maximum atomic E-state index is 12.7. The third-order valence-electron chi connectivity index (χ3n) is 6.22. The second-order valence-electron chi connectivity index (χ2n) is 8.68. The van der Waals surface area contributed by atoms with Crippen LogP contribution in [0.15, 0.2) is 35.9 Å². The van der Waals surface area contributed by atoms with E-state index in [0.717, 1.165) is 32.4 Å². The van der Waals surface area contributed by atoms with Crippen LogP contribution in [0, 0.1) is 17.3 Å². The van der Waals surface area contributed by atoms with Gasteiger partial charge in [0, 0.05) is 24.2 Å². The van der Waals surface area contributed by atoms with E-state index in [4.69, 9.17) is 0 Å². The number of carbonyl (C=O) groups excluding carboxylic acids is 1. The van der Waals surface area contributed by atoms with Crippen LogP contribution < -0.4 is 0 Å². The topological polar surface area (TPSA) is 60.8 Å². The molecular weight excluding hydrogens is 338 g/mol. The highest BCUT2D eigenvalue weighted by molar-refractivity contribution is 6.00. The van der Waals surface area contributed by atoms with Crippen molar-refractivity contribution in [3.05, 3.63) is 41.5 Å². The zero-order chi connectivity index (χ0) is 19.6. The number of carbonyl (C=O) groups is 1. The second kappa shape index (κ2) is 7.79. The highest BCUT2D eigenvalue weighted by atomic mass is 16.3. The number of aromatic hydroxyl groups is 2. The number of hydrogen-bond acceptors (Lipinski definition) is 3. The molecule has 27 heavy (non-hydrogen) atoms. The predicted octanol–water partition coefficient (Wildman–Crippen LogP) is 4.73. The Morgan fingerprint density at radius 1 is 1.30 bits per heavy atom. The van der Waals surface area contributed by atoms with Gasteiger partial charge in [-0.1, -0.05) is 32.9 Å². The predicted molar refractivity (Wildman–Crippen MR) is 108 cm³/mol. The number of rotatable bonds is 5. The number of amides is 1. The Balaban J connectivity index is 1.58. The minimum Gasteiger partial charge on any atom is -0.508 e. The van der Waals surface area contributed by atoms with E-state index in [-0.39, 0.29) is 17.4 Å². The summed E-state index contributed by atoms with van der Waals surface area (Å²) >= 11 is 0. The van der Waals surface area contributed by atoms with Crippen molar-refractivity contribution in [1.82, 2.24) is 4.90 Å². The number of likely N-dealkylation sites (tertiary alicyclic amines) is 1. The quantitative estimate of drug-likeness (QED) is 0.448. The summed E-state index contributed by atoms with van der Waals surface area (Å²) in [5.74, 6) is 1.45. The highest BCUT2D eigenvalue weighted by Gasteiger charge is 2.34. The molecule has 0 bridgehead atoms. The van der Waals surface area contributed by atoms with Gasteiger partial charge in [0.25, 0.3) is 0 Å². The number of nitrogens with zero attached hydrogens (tertiary/aromatic N) is 1. The van der Waals surface area contributed by atoms with Gasteiger partial charge in [0.15, 0.2) is 0 Å². The van der Waals surface area contributed by atoms with Crippen LogP contribution in [-0.2, 0) is 4.79 Å². The van der Waals surface area contributed by atoms with Crippen LogP contribution in [-0.4, -0.2) is 34.1 Å². The molecule has 0 spiro atoms. The van der Waals surface area contributed by atoms with Crippen molar-refractivity contribution >= 4 is 12.0 Å². The summed E-state index contributed by atoms with van der Waals surface area (Å²) in [6, 6.07) is 4.36. The third kappa shape index (κ3) is 4.37. The molecule has 1 fully saturated rings. The average molecular weight is 370 g/mol. The molecule has 0 aromatic heterocycles. The van der Waals surface area contributed by atoms with Crippen LogP contribution in [0.1, 0.15) is 52.0 Å². The number of benzene rings is 1. The Hall–Kier alpha value is -2.23. The molecule has 0 radical (unpaired) electrons. The monoisotopic (exact) mass is 369 g/mol. The van der Waals surface area contributed by atoms with Crippen LogP contribution >= 0.6 is 0 Å². The zero-order valence-corrected chi connectivity index (χ0v) is 16.6. The normalized spacial score (nSPS) is 26.1. The molecule has 2 unspecified atom stereocenters. The fourth-order valence-corrected chi connectivity index (χ4v) is 4.60. The average Bonchev–Trinajstić information content (AvgIpc) is 2.94. The van der Waals surface area contributed by atoms with Gasteiger partial charge in [-0.3, -0.25) is 4.79 Å². The van der Waals surface area contributed by atoms with Crippen LogP contribution in [0.3, 0.4) is 0 Å². The van der Waals surface area contributed by atoms with Crippen molar-refractivity contribution in [3.63, 3.8) is 0 Å². The minimum absolute atomic E-state index is 0.0496. The number of phenolic OH excluding ortho intramolecular Hbond substituents is 2. The van der Waals surface area contributed by atoms with Gasteiger partial charge in [-0.15, -0.1) is 0 Å². The fraction of sp³-hybridized carbons (Fsp3) is 0.522. The van der Waals surface area contributed by atoms with Crippen LogP contribution in [0.25, 0.3) is 6.08 Å². The van der Waals surface area contributed by atoms with Crippen molar-refractivity contribution in [2.45, 2.75) is 46.5 Å². The molecule has 2 atom stereocenters. The van der Waals surface area contributed by atoms with E-state index < -0.39 is 0 Å². The van der Waals surface area contributed by atoms with Gasteiger partial charge in [0.2, 0.25) is 5.91 Å². The molecule has 1 aromatic carbocycles. The summed E-state index contributed by atoms with van der Waals surface area (Å²) in [7, 11) is 0. The maximum Gasteiger partial charge on any atom is 0.249 e. The SMILES string of the molecule is CC1C=CCC(C)(C)C1CCCN1CC/C(=C\c2cc(O)ccc2O)C1=O. The first kappa shape index (κ1) is 19.5. The lowest BCUT2D eigenvalue weighted by molar-refractivity contribution is -0.124. The first-order valence-corrected chi connectivity index (χ1v) is 9.96. The van der Waals surface area contributed by atoms with Crippen molar-refractivity contribution in [1.29, 1.82) is 0 Å². The second-order valence-corrected chi connectivity index (χ2v) is 8.68. The Morgan fingerprint density at radius 2 is 2.07 bits per heavy atom. The maximum absolute atomic E-state index is 12.7. The standard InChI is InChI=1S/C23H31NO3/c1-16-6-4-11-23(2,3)20(16)7-5-12-24-13-10-17(22(24)27)14-18-15-19(25)8-9-21(18)26/h4,6,8-9,14-16,20,25-26H,5,7,10-13H2,1-3H3/b17-14+. The molecule has 0 saturated carbocycles. The molecule has 4 heteroatoms. The van der Waals surface area contributed by atoms with Crippen molar-refractivity contribution in [3.8, 4) is 11.5 Å². The van der Waals surface area contributed by atoms with Gasteiger partial charge in [0.1, 0.15) is 11.5 Å². The number of phenols is 2. The molecule has 1 amide bonds. The highest BCUT2D eigenvalue weighted by Crippen LogP contribution is 2.43. The van der Waals surface area contributed by atoms with E-state index >= 15 is 0 Å². The Morgan fingerprint density at radius 3 is 2.81 bits per heavy atom. The molecule has 3 rings (SSSR count). The summed E-state index contributed by atoms with van der Waals surface area (Å²) in [5, 5.41) is 19.5. The smallest absolute Gasteiger partial charge is 0.249 e. The molecule has 1 aromatic rings. The molecule has 1 aliphatic carbocycles. The van der Waals surface area contributed by atoms with Crippen LogP contribution in [0.2, 0.25) is 0 Å². The van der Waals surface area contributed by atoms with Gasteiger partial charge >= 0.3 is 0 Å². The summed E-state index contributed by atoms with van der Waals surface area (Å²) in [5.41, 5.74) is 1.51. The molecule has 1 aliphatic heterocycles. The summed E-state index contributed by atoms with van der Waals surface area (Å²) < 4.78 is 0. The summed E-state index contributed by atoms with van der Waals surface area (Å²) in [6.45, 7) is 8.51. The Kier molecular flexibility index (Phi) is 5.64. The lowest BCUT2D eigenvalue weighted by Gasteiger charge is -2.40. The van der Waals surface area contributed by atoms with Gasteiger partial charge in [0.05, 0.1) is 0 Å². The minimum atomic E-state index is 0.0496.